The van der Waals surface area contributed by atoms with E-state index in [4.69, 9.17) is 4.74 Å². The van der Waals surface area contributed by atoms with Crippen molar-refractivity contribution in [3.05, 3.63) is 69.2 Å². The van der Waals surface area contributed by atoms with Crippen molar-refractivity contribution < 1.29 is 19.1 Å². The van der Waals surface area contributed by atoms with Gasteiger partial charge in [0.2, 0.25) is 5.78 Å². The molecule has 0 N–H and O–H groups in total. The summed E-state index contributed by atoms with van der Waals surface area (Å²) in [5.74, 6) is -1.34. The normalized spacial score (nSPS) is 15.6. The summed E-state index contributed by atoms with van der Waals surface area (Å²) in [4.78, 5) is 46.4. The van der Waals surface area contributed by atoms with Crippen molar-refractivity contribution in [3.8, 4) is 0 Å². The minimum atomic E-state index is -0.577. The summed E-state index contributed by atoms with van der Waals surface area (Å²) in [5, 5.41) is 0. The predicted octanol–water partition coefficient (Wildman–Crippen LogP) is 4.69. The largest absolute Gasteiger partial charge is 0.462 e. The Labute approximate surface area is 206 Å². The van der Waals surface area contributed by atoms with E-state index in [1.807, 2.05) is 0 Å². The van der Waals surface area contributed by atoms with Crippen LogP contribution in [0.15, 0.2) is 41.1 Å². The number of likely N-dealkylation sites (tertiary alicyclic amines) is 1. The van der Waals surface area contributed by atoms with E-state index in [-0.39, 0.29) is 46.3 Å². The van der Waals surface area contributed by atoms with Crippen LogP contribution in [-0.4, -0.2) is 58.1 Å². The summed E-state index contributed by atoms with van der Waals surface area (Å²) in [6.07, 6.45) is 9.80. The van der Waals surface area contributed by atoms with Crippen LogP contribution in [0.3, 0.4) is 0 Å². The summed E-state index contributed by atoms with van der Waals surface area (Å²) in [7, 11) is 0. The van der Waals surface area contributed by atoms with Crippen LogP contribution in [0.2, 0.25) is 0 Å². The molecule has 3 aromatic rings. The summed E-state index contributed by atoms with van der Waals surface area (Å²) in [5.41, 5.74) is 1.18. The molecule has 0 radical (unpaired) electrons. The molecule has 176 valence electrons. The molecule has 1 saturated heterocycles. The lowest BCUT2D eigenvalue weighted by molar-refractivity contribution is 0.0497. The highest BCUT2D eigenvalue weighted by molar-refractivity contribution is 9.10. The number of carbonyl (C=O) groups is 3. The van der Waals surface area contributed by atoms with Gasteiger partial charge in [0.15, 0.2) is 5.78 Å². The summed E-state index contributed by atoms with van der Waals surface area (Å²) >= 11 is 3.41. The average Bonchev–Trinajstić information content (AvgIpc) is 3.48. The van der Waals surface area contributed by atoms with E-state index in [1.165, 1.54) is 32.1 Å². The molecule has 8 heteroatoms. The molecule has 0 bridgehead atoms. The van der Waals surface area contributed by atoms with Crippen LogP contribution in [0.4, 0.5) is 0 Å². The van der Waals surface area contributed by atoms with Gasteiger partial charge in [0.05, 0.1) is 28.8 Å². The van der Waals surface area contributed by atoms with E-state index in [0.29, 0.717) is 5.52 Å². The van der Waals surface area contributed by atoms with Crippen molar-refractivity contribution >= 4 is 39.0 Å². The van der Waals surface area contributed by atoms with Crippen molar-refractivity contribution in [3.63, 3.8) is 0 Å². The zero-order valence-corrected chi connectivity index (χ0v) is 20.5. The van der Waals surface area contributed by atoms with Crippen molar-refractivity contribution in [2.75, 3.05) is 26.2 Å². The molecule has 7 nitrogen and oxygen atoms in total. The molecule has 2 aliphatic rings. The average molecular weight is 524 g/mol. The van der Waals surface area contributed by atoms with E-state index in [9.17, 15) is 14.4 Å². The number of ketones is 2. The first-order valence-electron chi connectivity index (χ1n) is 11.8. The quantitative estimate of drug-likeness (QED) is 0.246. The molecule has 1 aliphatic heterocycles. The summed E-state index contributed by atoms with van der Waals surface area (Å²) < 4.78 is 7.90. The second kappa shape index (κ2) is 9.80. The summed E-state index contributed by atoms with van der Waals surface area (Å²) in [6.45, 7) is 3.86. The molecule has 5 rings (SSSR count). The van der Waals surface area contributed by atoms with Crippen LogP contribution in [-0.2, 0) is 4.74 Å². The number of rotatable bonds is 8. The predicted molar refractivity (Wildman–Crippen MR) is 131 cm³/mol. The molecular weight excluding hydrogens is 498 g/mol. The highest BCUT2D eigenvalue weighted by Gasteiger charge is 2.39. The molecule has 34 heavy (non-hydrogen) atoms. The number of unbranched alkanes of at least 4 members (excludes halogenated alkanes) is 3. The van der Waals surface area contributed by atoms with Crippen molar-refractivity contribution in [2.45, 2.75) is 38.5 Å². The molecule has 1 aliphatic carbocycles. The van der Waals surface area contributed by atoms with Crippen LogP contribution in [0.1, 0.15) is 81.0 Å². The topological polar surface area (TPSA) is 81.0 Å². The lowest BCUT2D eigenvalue weighted by atomic mass is 9.89. The van der Waals surface area contributed by atoms with E-state index >= 15 is 0 Å². The van der Waals surface area contributed by atoms with E-state index < -0.39 is 5.97 Å². The first kappa shape index (κ1) is 22.9. The zero-order valence-electron chi connectivity index (χ0n) is 18.9. The standard InChI is InChI=1S/C26H26BrN3O4/c27-17-9-10-19-20(26(33)34-15-6-2-1-3-12-29-13-4-5-14-29)21-23(30(19)16-17)25(32)22-18(24(21)31)8-7-11-28-22/h7-11,16H,1-6,12-15H2. The van der Waals surface area contributed by atoms with E-state index in [2.05, 4.69) is 25.8 Å². The van der Waals surface area contributed by atoms with Gasteiger partial charge in [-0.25, -0.2) is 4.79 Å². The van der Waals surface area contributed by atoms with Crippen molar-refractivity contribution in [1.82, 2.24) is 14.3 Å². The Balaban J connectivity index is 1.33. The number of fused-ring (bicyclic) bond motifs is 4. The number of esters is 1. The number of halogens is 1. The zero-order chi connectivity index (χ0) is 23.7. The molecule has 0 atom stereocenters. The first-order chi connectivity index (χ1) is 16.6. The highest BCUT2D eigenvalue weighted by Crippen LogP contribution is 2.34. The second-order valence-corrected chi connectivity index (χ2v) is 9.77. The minimum Gasteiger partial charge on any atom is -0.462 e. The minimum absolute atomic E-state index is 0.0965. The molecule has 3 aromatic heterocycles. The van der Waals surface area contributed by atoms with Gasteiger partial charge in [-0.15, -0.1) is 0 Å². The Morgan fingerprint density at radius 3 is 2.65 bits per heavy atom. The fourth-order valence-corrected chi connectivity index (χ4v) is 5.27. The molecule has 4 heterocycles. The Morgan fingerprint density at radius 1 is 1.03 bits per heavy atom. The Morgan fingerprint density at radius 2 is 1.82 bits per heavy atom. The highest BCUT2D eigenvalue weighted by atomic mass is 79.9. The fraction of sp³-hybridized carbons (Fsp3) is 0.385. The van der Waals surface area contributed by atoms with Gasteiger partial charge in [-0.2, -0.15) is 0 Å². The number of carbonyl (C=O) groups excluding carboxylic acids is 3. The number of aromatic nitrogens is 2. The Kier molecular flexibility index (Phi) is 6.61. The van der Waals surface area contributed by atoms with Gasteiger partial charge in [-0.1, -0.05) is 12.8 Å². The maximum atomic E-state index is 13.4. The van der Waals surface area contributed by atoms with Crippen molar-refractivity contribution in [2.24, 2.45) is 0 Å². The third-order valence-corrected chi connectivity index (χ3v) is 7.08. The molecule has 0 saturated carbocycles. The van der Waals surface area contributed by atoms with E-state index in [1.54, 1.807) is 34.9 Å². The number of hydrogen-bond donors (Lipinski definition) is 0. The Bertz CT molecular complexity index is 1280. The second-order valence-electron chi connectivity index (χ2n) is 8.86. The fourth-order valence-electron chi connectivity index (χ4n) is 4.93. The smallest absolute Gasteiger partial charge is 0.341 e. The number of nitrogens with zero attached hydrogens (tertiary/aromatic N) is 3. The van der Waals surface area contributed by atoms with Gasteiger partial charge < -0.3 is 14.0 Å². The summed E-state index contributed by atoms with van der Waals surface area (Å²) in [6, 6.07) is 6.68. The van der Waals surface area contributed by atoms with E-state index in [0.717, 1.165) is 36.7 Å². The van der Waals surface area contributed by atoms with Crippen LogP contribution in [0.5, 0.6) is 0 Å². The molecule has 0 amide bonds. The van der Waals surface area contributed by atoms with Crippen LogP contribution in [0.25, 0.3) is 5.52 Å². The molecular formula is C26H26BrN3O4. The third kappa shape index (κ3) is 4.20. The SMILES string of the molecule is O=C1c2cccnc2C(=O)c2c1c(C(=O)OCCCCCCN1CCCC1)c1ccc(Br)cn21. The first-order valence-corrected chi connectivity index (χ1v) is 12.6. The Hall–Kier alpha value is -2.84. The van der Waals surface area contributed by atoms with Crippen LogP contribution >= 0.6 is 15.9 Å². The van der Waals surface area contributed by atoms with Gasteiger partial charge in [-0.05, 0) is 85.5 Å². The lowest BCUT2D eigenvalue weighted by Gasteiger charge is -2.14. The van der Waals surface area contributed by atoms with Crippen molar-refractivity contribution in [1.29, 1.82) is 0 Å². The van der Waals surface area contributed by atoms with Gasteiger partial charge in [0.1, 0.15) is 11.4 Å². The maximum absolute atomic E-state index is 13.4. The monoisotopic (exact) mass is 523 g/mol. The number of ether oxygens (including phenoxy) is 1. The van der Waals surface area contributed by atoms with Gasteiger partial charge in [0, 0.05) is 16.9 Å². The molecule has 0 aromatic carbocycles. The number of pyridine rings is 2. The van der Waals surface area contributed by atoms with Gasteiger partial charge in [0.25, 0.3) is 0 Å². The molecule has 0 unspecified atom stereocenters. The number of hydrogen-bond acceptors (Lipinski definition) is 6. The van der Waals surface area contributed by atoms with Crippen LogP contribution < -0.4 is 0 Å². The van der Waals surface area contributed by atoms with Gasteiger partial charge in [-0.3, -0.25) is 14.6 Å². The molecule has 1 fully saturated rings. The van der Waals surface area contributed by atoms with Gasteiger partial charge >= 0.3 is 5.97 Å². The molecule has 0 spiro atoms. The lowest BCUT2D eigenvalue weighted by Crippen LogP contribution is -2.24. The third-order valence-electron chi connectivity index (χ3n) is 6.61. The van der Waals surface area contributed by atoms with Crippen LogP contribution in [0, 0.1) is 0 Å². The maximum Gasteiger partial charge on any atom is 0.341 e.